The summed E-state index contributed by atoms with van der Waals surface area (Å²) in [5.41, 5.74) is 10.5. The Bertz CT molecular complexity index is 2550. The van der Waals surface area contributed by atoms with Crippen molar-refractivity contribution in [3.63, 3.8) is 0 Å². The summed E-state index contributed by atoms with van der Waals surface area (Å²) in [5, 5.41) is 4.64. The lowest BCUT2D eigenvalue weighted by Gasteiger charge is -2.21. The quantitative estimate of drug-likeness (QED) is 0.183. The van der Waals surface area contributed by atoms with Crippen LogP contribution >= 0.6 is 0 Å². The minimum atomic E-state index is -0.113. The van der Waals surface area contributed by atoms with Crippen molar-refractivity contribution in [2.75, 3.05) is 0 Å². The van der Waals surface area contributed by atoms with Gasteiger partial charge in [-0.2, -0.15) is 0 Å². The molecule has 0 atom stereocenters. The zero-order chi connectivity index (χ0) is 33.1. The molecule has 0 radical (unpaired) electrons. The van der Waals surface area contributed by atoms with E-state index in [1.165, 1.54) is 27.5 Å². The third-order valence-electron chi connectivity index (χ3n) is 9.92. The number of hydrogen-bond acceptors (Lipinski definition) is 3. The van der Waals surface area contributed by atoms with Crippen LogP contribution in [0.15, 0.2) is 146 Å². The van der Waals surface area contributed by atoms with Crippen LogP contribution in [0.2, 0.25) is 0 Å². The summed E-state index contributed by atoms with van der Waals surface area (Å²) >= 11 is 0. The Kier molecular flexibility index (Phi) is 6.50. The van der Waals surface area contributed by atoms with Gasteiger partial charge < -0.3 is 0 Å². The largest absolute Gasteiger partial charge is 0.238 e. The highest BCUT2D eigenvalue weighted by molar-refractivity contribution is 5.89. The molecule has 8 aromatic rings. The van der Waals surface area contributed by atoms with Gasteiger partial charge in [0, 0.05) is 22.1 Å². The molecule has 0 amide bonds. The minimum absolute atomic E-state index is 0.113. The lowest BCUT2D eigenvalue weighted by molar-refractivity contribution is 0.660. The first-order chi connectivity index (χ1) is 23.9. The molecule has 0 saturated carbocycles. The van der Waals surface area contributed by atoms with Crippen molar-refractivity contribution in [2.24, 2.45) is 0 Å². The molecule has 1 aliphatic carbocycles. The molecule has 0 N–H and O–H groups in total. The fraction of sp³-hybridized carbons (Fsp3) is 0.0667. The molecule has 0 bridgehead atoms. The number of benzene rings is 7. The van der Waals surface area contributed by atoms with Crippen LogP contribution in [0.4, 0.5) is 5.69 Å². The molecule has 7 aromatic carbocycles. The molecule has 0 fully saturated rings. The highest BCUT2D eigenvalue weighted by Gasteiger charge is 2.35. The number of nitrogens with zero attached hydrogens (tertiary/aromatic N) is 4. The minimum Gasteiger partial charge on any atom is -0.238 e. The monoisotopic (exact) mass is 626 g/mol. The van der Waals surface area contributed by atoms with Crippen LogP contribution in [-0.2, 0) is 5.41 Å². The number of aromatic nitrogens is 3. The van der Waals surface area contributed by atoms with E-state index in [0.29, 0.717) is 23.2 Å². The van der Waals surface area contributed by atoms with Gasteiger partial charge in [-0.25, -0.2) is 19.8 Å². The molecule has 230 valence electrons. The molecule has 0 aliphatic heterocycles. The van der Waals surface area contributed by atoms with Crippen molar-refractivity contribution in [3.05, 3.63) is 168 Å². The van der Waals surface area contributed by atoms with Crippen molar-refractivity contribution in [1.82, 2.24) is 15.0 Å². The van der Waals surface area contributed by atoms with Gasteiger partial charge in [-0.05, 0) is 79.2 Å². The molecule has 1 aromatic heterocycles. The highest BCUT2D eigenvalue weighted by Crippen LogP contribution is 2.50. The predicted molar refractivity (Wildman–Crippen MR) is 200 cm³/mol. The van der Waals surface area contributed by atoms with Crippen LogP contribution in [0.25, 0.3) is 82.8 Å². The summed E-state index contributed by atoms with van der Waals surface area (Å²) < 4.78 is 0. The third-order valence-corrected chi connectivity index (χ3v) is 9.92. The molecule has 4 nitrogen and oxygen atoms in total. The topological polar surface area (TPSA) is 43.0 Å². The molecule has 49 heavy (non-hydrogen) atoms. The van der Waals surface area contributed by atoms with Gasteiger partial charge >= 0.3 is 0 Å². The molecule has 0 spiro atoms. The first kappa shape index (κ1) is 28.8. The molecule has 0 saturated heterocycles. The second kappa shape index (κ2) is 11.1. The Hall–Kier alpha value is -6.44. The maximum atomic E-state index is 7.56. The smallest absolute Gasteiger partial charge is 0.187 e. The van der Waals surface area contributed by atoms with Crippen molar-refractivity contribution >= 4 is 27.2 Å². The summed E-state index contributed by atoms with van der Waals surface area (Å²) in [6.45, 7) is 12.1. The Balaban J connectivity index is 1.13. The molecule has 9 rings (SSSR count). The van der Waals surface area contributed by atoms with E-state index in [4.69, 9.17) is 21.5 Å². The van der Waals surface area contributed by atoms with E-state index in [1.807, 2.05) is 12.1 Å². The maximum absolute atomic E-state index is 7.56. The number of fused-ring (bicyclic) bond motifs is 5. The third kappa shape index (κ3) is 4.87. The average Bonchev–Trinajstić information content (AvgIpc) is 3.39. The molecular formula is C45H30N4. The van der Waals surface area contributed by atoms with Crippen LogP contribution in [0.1, 0.15) is 25.0 Å². The van der Waals surface area contributed by atoms with Crippen LogP contribution < -0.4 is 0 Å². The molecule has 1 aliphatic rings. The summed E-state index contributed by atoms with van der Waals surface area (Å²) in [6.07, 6.45) is 0. The van der Waals surface area contributed by atoms with Gasteiger partial charge in [-0.15, -0.1) is 0 Å². The molecule has 1 heterocycles. The highest BCUT2D eigenvalue weighted by atomic mass is 15.0. The second-order valence-corrected chi connectivity index (χ2v) is 13.2. The van der Waals surface area contributed by atoms with Gasteiger partial charge in [0.05, 0.1) is 6.57 Å². The number of hydrogen-bond donors (Lipinski definition) is 0. The summed E-state index contributed by atoms with van der Waals surface area (Å²) in [5.74, 6) is 1.91. The Morgan fingerprint density at radius 2 is 0.878 bits per heavy atom. The van der Waals surface area contributed by atoms with E-state index >= 15 is 0 Å². The standard InChI is InChI=1S/C45H30N4/c1-45(2)40-22-20-34(26-38(40)39-27-37(46-3)21-23-41(39)45)30-12-16-31(17-13-30)42-47-43(35-18-14-28-8-4-6-10-32(28)24-35)49-44(48-42)36-19-15-29-9-5-7-11-33(29)25-36/h4-27H,1-2H3. The summed E-state index contributed by atoms with van der Waals surface area (Å²) in [4.78, 5) is 18.8. The second-order valence-electron chi connectivity index (χ2n) is 13.2. The van der Waals surface area contributed by atoms with E-state index in [2.05, 4.69) is 152 Å². The Labute approximate surface area is 285 Å². The fourth-order valence-corrected chi connectivity index (χ4v) is 7.24. The van der Waals surface area contributed by atoms with Gasteiger partial charge in [0.15, 0.2) is 23.2 Å². The zero-order valence-electron chi connectivity index (χ0n) is 27.1. The number of rotatable bonds is 4. The van der Waals surface area contributed by atoms with E-state index in [1.54, 1.807) is 0 Å². The lowest BCUT2D eigenvalue weighted by Crippen LogP contribution is -2.14. The molecule has 4 heteroatoms. The fourth-order valence-electron chi connectivity index (χ4n) is 7.24. The molecule has 0 unspecified atom stereocenters. The molecular weight excluding hydrogens is 597 g/mol. The van der Waals surface area contributed by atoms with Crippen LogP contribution in [0.3, 0.4) is 0 Å². The predicted octanol–water partition coefficient (Wildman–Crippen LogP) is 11.7. The maximum Gasteiger partial charge on any atom is 0.187 e. The van der Waals surface area contributed by atoms with E-state index < -0.39 is 0 Å². The van der Waals surface area contributed by atoms with Crippen molar-refractivity contribution in [1.29, 1.82) is 0 Å². The van der Waals surface area contributed by atoms with Gasteiger partial charge in [0.2, 0.25) is 0 Å². The zero-order valence-corrected chi connectivity index (χ0v) is 27.1. The van der Waals surface area contributed by atoms with E-state index in [-0.39, 0.29) is 5.41 Å². The van der Waals surface area contributed by atoms with Crippen molar-refractivity contribution < 1.29 is 0 Å². The van der Waals surface area contributed by atoms with E-state index in [9.17, 15) is 0 Å². The SMILES string of the molecule is [C-]#[N+]c1ccc2c(c1)-c1cc(-c3ccc(-c4nc(-c5ccc6ccccc6c5)nc(-c5ccc6ccccc6c5)n4)cc3)ccc1C2(C)C. The van der Waals surface area contributed by atoms with Crippen molar-refractivity contribution in [3.8, 4) is 56.4 Å². The Morgan fingerprint density at radius 3 is 1.45 bits per heavy atom. The van der Waals surface area contributed by atoms with Crippen LogP contribution in [-0.4, -0.2) is 15.0 Å². The van der Waals surface area contributed by atoms with Crippen molar-refractivity contribution in [2.45, 2.75) is 19.3 Å². The van der Waals surface area contributed by atoms with E-state index in [0.717, 1.165) is 44.2 Å². The summed E-state index contributed by atoms with van der Waals surface area (Å²) in [7, 11) is 0. The summed E-state index contributed by atoms with van der Waals surface area (Å²) in [6, 6.07) is 50.7. The van der Waals surface area contributed by atoms with Crippen LogP contribution in [0, 0.1) is 6.57 Å². The van der Waals surface area contributed by atoms with Gasteiger partial charge in [0.25, 0.3) is 0 Å². The van der Waals surface area contributed by atoms with Crippen LogP contribution in [0.5, 0.6) is 0 Å². The lowest BCUT2D eigenvalue weighted by atomic mass is 9.82. The van der Waals surface area contributed by atoms with Gasteiger partial charge in [0.1, 0.15) is 0 Å². The van der Waals surface area contributed by atoms with Gasteiger partial charge in [-0.1, -0.05) is 135 Å². The first-order valence-electron chi connectivity index (χ1n) is 16.5. The van der Waals surface area contributed by atoms with Gasteiger partial charge in [-0.3, -0.25) is 0 Å². The first-order valence-corrected chi connectivity index (χ1v) is 16.5. The normalized spacial score (nSPS) is 12.8. The Morgan fingerprint density at radius 1 is 0.429 bits per heavy atom. The average molecular weight is 627 g/mol.